The zero-order valence-electron chi connectivity index (χ0n) is 73.9. The zero-order chi connectivity index (χ0) is 89.6. The highest BCUT2D eigenvalue weighted by molar-refractivity contribution is 6.33. The fourth-order valence-corrected chi connectivity index (χ4v) is 22.8. The molecular formula is C128H78N6O3. The molecule has 22 aromatic carbocycles. The first-order chi connectivity index (χ1) is 68.0. The van der Waals surface area contributed by atoms with Gasteiger partial charge in [0.15, 0.2) is 0 Å². The number of fused-ring (bicyclic) bond motifs is 34. The van der Waals surface area contributed by atoms with Gasteiger partial charge in [0.1, 0.15) is 33.5 Å². The van der Waals surface area contributed by atoms with Crippen LogP contribution in [0.3, 0.4) is 0 Å². The molecule has 0 saturated carbocycles. The molecule has 0 spiro atoms. The highest BCUT2D eigenvalue weighted by Crippen LogP contribution is 2.50. The van der Waals surface area contributed by atoms with E-state index >= 15 is 0 Å². The fraction of sp³-hybridized carbons (Fsp3) is 0. The molecule has 638 valence electrons. The number of nitrogens with zero attached hydrogens (tertiary/aromatic N) is 6. The maximum Gasteiger partial charge on any atom is 0.143 e. The summed E-state index contributed by atoms with van der Waals surface area (Å²) in [4.78, 5) is 0. The van der Waals surface area contributed by atoms with E-state index in [-0.39, 0.29) is 0 Å². The number of furan rings is 3. The zero-order valence-corrected chi connectivity index (χ0v) is 73.9. The normalized spacial score (nSPS) is 12.1. The number of hydrogen-bond donors (Lipinski definition) is 0. The van der Waals surface area contributed by atoms with Gasteiger partial charge in [-0.2, -0.15) is 0 Å². The third-order valence-electron chi connectivity index (χ3n) is 28.7. The Labute approximate surface area is 783 Å². The van der Waals surface area contributed by atoms with Crippen LogP contribution < -0.4 is 0 Å². The van der Waals surface area contributed by atoms with Gasteiger partial charge in [0.25, 0.3) is 0 Å². The molecule has 9 nitrogen and oxygen atoms in total. The maximum absolute atomic E-state index is 6.63. The number of aromatic nitrogens is 6. The highest BCUT2D eigenvalue weighted by Gasteiger charge is 2.28. The molecule has 9 aromatic heterocycles. The van der Waals surface area contributed by atoms with E-state index in [0.717, 1.165) is 111 Å². The summed E-state index contributed by atoms with van der Waals surface area (Å²) < 4.78 is 33.9. The second kappa shape index (κ2) is 30.0. The van der Waals surface area contributed by atoms with Gasteiger partial charge in [-0.1, -0.05) is 309 Å². The Kier molecular flexibility index (Phi) is 16.7. The van der Waals surface area contributed by atoms with E-state index in [4.69, 9.17) is 13.3 Å². The molecule has 9 heterocycles. The number of hydrogen-bond acceptors (Lipinski definition) is 3. The van der Waals surface area contributed by atoms with Crippen molar-refractivity contribution < 1.29 is 13.3 Å². The Hall–Kier alpha value is -18.4. The predicted octanol–water partition coefficient (Wildman–Crippen LogP) is 35.0. The van der Waals surface area contributed by atoms with Crippen molar-refractivity contribution in [2.45, 2.75) is 0 Å². The summed E-state index contributed by atoms with van der Waals surface area (Å²) in [6.45, 7) is 0. The lowest BCUT2D eigenvalue weighted by atomic mass is 10.00. The molecule has 0 aliphatic heterocycles. The van der Waals surface area contributed by atoms with Gasteiger partial charge in [-0.05, 0) is 184 Å². The molecule has 0 unspecified atom stereocenters. The van der Waals surface area contributed by atoms with Crippen LogP contribution in [0.5, 0.6) is 0 Å². The first kappa shape index (κ1) is 76.3. The quantitative estimate of drug-likeness (QED) is 0.152. The summed E-state index contributed by atoms with van der Waals surface area (Å²) in [5.74, 6) is 0. The van der Waals surface area contributed by atoms with Crippen molar-refractivity contribution in [3.05, 3.63) is 473 Å². The lowest BCUT2D eigenvalue weighted by Crippen LogP contribution is -1.96. The van der Waals surface area contributed by atoms with Crippen molar-refractivity contribution in [1.82, 2.24) is 27.4 Å². The Bertz CT molecular complexity index is 10500. The van der Waals surface area contributed by atoms with Gasteiger partial charge in [-0.3, -0.25) is 0 Å². The van der Waals surface area contributed by atoms with Crippen LogP contribution in [0.2, 0.25) is 0 Å². The summed E-state index contributed by atoms with van der Waals surface area (Å²) in [6.07, 6.45) is 0. The van der Waals surface area contributed by atoms with Gasteiger partial charge in [0.2, 0.25) is 0 Å². The summed E-state index contributed by atoms with van der Waals surface area (Å²) in [5.41, 5.74) is 31.3. The first-order valence-corrected chi connectivity index (χ1v) is 46.8. The van der Waals surface area contributed by atoms with Crippen LogP contribution in [0.15, 0.2) is 486 Å². The topological polar surface area (TPSA) is 69.0 Å². The standard InChI is InChI=1S/C48H30N2O.2C40H24N2O/c1-2-11-31(12-3-1)32-21-23-33(24-22-32)34-13-10-14-35(29-34)50-42-18-7-4-15-37(42)40-27-28-44-47(48(40)50)41-17-5-8-19-43(41)49(44)36-25-26-39-38-16-6-9-20-45(38)51-46(39)30-36;1-2-11-26(12-3-1)41-34-22-18-25-10-4-5-13-28(25)38(34)39-35(41)23-21-32-29-14-6-8-16-33(29)42(40(32)39)27-19-20-31-30-15-7-9-17-36(30)43-37(31)24-27;1-2-11-26(12-3-1)41-35-17-9-7-15-33(35)38-36(41)23-22-31-29-14-6-8-16-34(29)42(39(31)38)27-19-21-30-32-20-18-25-10-4-5-13-28(25)40(32)43-37(30)24-27/h1-30H;2*1-24H. The van der Waals surface area contributed by atoms with E-state index < -0.39 is 0 Å². The van der Waals surface area contributed by atoms with Crippen LogP contribution in [0.25, 0.3) is 275 Å². The average Bonchev–Trinajstić information content (AvgIpc) is 1.53. The molecule has 0 fully saturated rings. The van der Waals surface area contributed by atoms with E-state index in [1.165, 1.54) is 164 Å². The van der Waals surface area contributed by atoms with Gasteiger partial charge >= 0.3 is 0 Å². The largest absolute Gasteiger partial charge is 0.456 e. The van der Waals surface area contributed by atoms with Crippen molar-refractivity contribution in [1.29, 1.82) is 0 Å². The van der Waals surface area contributed by atoms with Gasteiger partial charge in [0.05, 0.1) is 66.2 Å². The minimum atomic E-state index is 0.892. The molecule has 0 radical (unpaired) electrons. The Morgan fingerprint density at radius 1 is 0.131 bits per heavy atom. The van der Waals surface area contributed by atoms with Crippen molar-refractivity contribution >= 4 is 218 Å². The number of benzene rings is 22. The lowest BCUT2D eigenvalue weighted by Gasteiger charge is -2.12. The third-order valence-corrected chi connectivity index (χ3v) is 28.7. The number of rotatable bonds is 8. The summed E-state index contributed by atoms with van der Waals surface area (Å²) >= 11 is 0. The summed E-state index contributed by atoms with van der Waals surface area (Å²) in [6, 6.07) is 170. The van der Waals surface area contributed by atoms with Crippen molar-refractivity contribution in [3.8, 4) is 56.4 Å². The van der Waals surface area contributed by atoms with Crippen LogP contribution >= 0.6 is 0 Å². The third kappa shape index (κ3) is 11.6. The summed E-state index contributed by atoms with van der Waals surface area (Å²) in [5, 5.41) is 26.6. The number of para-hydroxylation sites is 9. The van der Waals surface area contributed by atoms with E-state index in [1.807, 2.05) is 24.3 Å². The van der Waals surface area contributed by atoms with Crippen LogP contribution in [-0.4, -0.2) is 27.4 Å². The van der Waals surface area contributed by atoms with Gasteiger partial charge in [0, 0.05) is 155 Å². The highest BCUT2D eigenvalue weighted by atomic mass is 16.3. The van der Waals surface area contributed by atoms with Crippen molar-refractivity contribution in [2.75, 3.05) is 0 Å². The van der Waals surface area contributed by atoms with Crippen molar-refractivity contribution in [2.24, 2.45) is 0 Å². The molecule has 0 amide bonds. The van der Waals surface area contributed by atoms with Gasteiger partial charge in [-0.15, -0.1) is 0 Å². The Balaban J connectivity index is 0.0000000999. The Morgan fingerprint density at radius 2 is 0.431 bits per heavy atom. The van der Waals surface area contributed by atoms with Crippen LogP contribution in [-0.2, 0) is 0 Å². The molecule has 9 heteroatoms. The second-order valence-corrected chi connectivity index (χ2v) is 36.0. The van der Waals surface area contributed by atoms with Crippen LogP contribution in [0.1, 0.15) is 0 Å². The second-order valence-electron chi connectivity index (χ2n) is 36.0. The molecule has 0 aliphatic carbocycles. The molecule has 0 saturated heterocycles. The molecule has 137 heavy (non-hydrogen) atoms. The lowest BCUT2D eigenvalue weighted by molar-refractivity contribution is 0.668. The minimum Gasteiger partial charge on any atom is -0.456 e. The average molecular weight is 1750 g/mol. The van der Waals surface area contributed by atoms with Gasteiger partial charge in [-0.25, -0.2) is 0 Å². The Morgan fingerprint density at radius 3 is 0.942 bits per heavy atom. The van der Waals surface area contributed by atoms with Crippen molar-refractivity contribution in [3.63, 3.8) is 0 Å². The summed E-state index contributed by atoms with van der Waals surface area (Å²) in [7, 11) is 0. The van der Waals surface area contributed by atoms with E-state index in [0.29, 0.717) is 0 Å². The smallest absolute Gasteiger partial charge is 0.143 e. The van der Waals surface area contributed by atoms with E-state index in [1.54, 1.807) is 0 Å². The molecular weight excluding hydrogens is 1670 g/mol. The van der Waals surface area contributed by atoms with Gasteiger partial charge < -0.3 is 40.7 Å². The first-order valence-electron chi connectivity index (χ1n) is 46.8. The SMILES string of the molecule is c1ccc(-c2ccc(-c3cccc(-n4c5ccccc5c5ccc6c(c7ccccc7n6-c6ccc7c(c6)oc6ccccc67)c54)c3)cc2)cc1.c1ccc(-n2c3ccc4ccccc4c3c3c2ccc2c4ccccc4n(-c4ccc5c(c4)oc4ccccc45)c23)cc1.c1ccc(-n2c3ccccc3c3c2ccc2c4ccccc4n(-c4ccc5c(c4)oc4c6ccccc6ccc54)c23)cc1. The predicted molar refractivity (Wildman–Crippen MR) is 573 cm³/mol. The molecule has 0 atom stereocenters. The minimum absolute atomic E-state index is 0.892. The molecule has 0 aliphatic rings. The molecule has 0 N–H and O–H groups in total. The van der Waals surface area contributed by atoms with Crippen LogP contribution in [0.4, 0.5) is 0 Å². The van der Waals surface area contributed by atoms with E-state index in [9.17, 15) is 0 Å². The van der Waals surface area contributed by atoms with E-state index in [2.05, 4.69) is 476 Å². The van der Waals surface area contributed by atoms with Crippen LogP contribution in [0, 0.1) is 0 Å². The maximum atomic E-state index is 6.63. The fourth-order valence-electron chi connectivity index (χ4n) is 22.8. The molecule has 31 aromatic rings. The monoisotopic (exact) mass is 1750 g/mol. The molecule has 31 rings (SSSR count). The molecule has 0 bridgehead atoms.